The fourth-order valence-corrected chi connectivity index (χ4v) is 8.51. The molecule has 446 valence electrons. The van der Waals surface area contributed by atoms with Gasteiger partial charge in [0, 0.05) is 19.3 Å². The van der Waals surface area contributed by atoms with Crippen LogP contribution in [0.3, 0.4) is 0 Å². The number of allylic oxidation sites excluding steroid dienone is 24. The van der Waals surface area contributed by atoms with Crippen LogP contribution in [0.15, 0.2) is 146 Å². The second-order valence-electron chi connectivity index (χ2n) is 20.9. The van der Waals surface area contributed by atoms with E-state index in [9.17, 15) is 14.4 Å². The van der Waals surface area contributed by atoms with E-state index >= 15 is 0 Å². The Morgan fingerprint density at radius 3 is 0.785 bits per heavy atom. The quantitative estimate of drug-likeness (QED) is 0.0261. The molecule has 0 spiro atoms. The molecule has 0 radical (unpaired) electrons. The van der Waals surface area contributed by atoms with E-state index < -0.39 is 6.10 Å². The minimum atomic E-state index is -0.798. The van der Waals surface area contributed by atoms with E-state index in [2.05, 4.69) is 167 Å². The van der Waals surface area contributed by atoms with E-state index in [0.29, 0.717) is 19.3 Å². The summed E-state index contributed by atoms with van der Waals surface area (Å²) in [4.78, 5) is 38.3. The molecule has 0 aliphatic heterocycles. The average molecular weight is 1090 g/mol. The Kier molecular flexibility index (Phi) is 61.9. The summed E-state index contributed by atoms with van der Waals surface area (Å²) in [6, 6.07) is 0. The molecule has 0 N–H and O–H groups in total. The largest absolute Gasteiger partial charge is 0.462 e. The van der Waals surface area contributed by atoms with Crippen molar-refractivity contribution in [3.05, 3.63) is 146 Å². The highest BCUT2D eigenvalue weighted by Crippen LogP contribution is 2.15. The van der Waals surface area contributed by atoms with Gasteiger partial charge in [0.05, 0.1) is 0 Å². The monoisotopic (exact) mass is 1090 g/mol. The number of ether oxygens (including phenoxy) is 3. The fraction of sp³-hybridized carbons (Fsp3) is 0.630. The number of hydrogen-bond donors (Lipinski definition) is 0. The molecular formula is C73H118O6. The number of carbonyl (C=O) groups excluding carboxylic acids is 3. The first-order chi connectivity index (χ1) is 39.0. The normalized spacial score (nSPS) is 13.1. The highest BCUT2D eigenvalue weighted by atomic mass is 16.6. The lowest BCUT2D eigenvalue weighted by Gasteiger charge is -2.18. The van der Waals surface area contributed by atoms with Gasteiger partial charge in [-0.3, -0.25) is 14.4 Å². The van der Waals surface area contributed by atoms with E-state index in [-0.39, 0.29) is 31.1 Å². The van der Waals surface area contributed by atoms with Crippen LogP contribution in [0, 0.1) is 0 Å². The van der Waals surface area contributed by atoms with Crippen molar-refractivity contribution in [1.29, 1.82) is 0 Å². The lowest BCUT2D eigenvalue weighted by atomic mass is 10.1. The van der Waals surface area contributed by atoms with Gasteiger partial charge < -0.3 is 14.2 Å². The summed E-state index contributed by atoms with van der Waals surface area (Å²) in [5.41, 5.74) is 0. The van der Waals surface area contributed by atoms with Crippen molar-refractivity contribution in [1.82, 2.24) is 0 Å². The van der Waals surface area contributed by atoms with Gasteiger partial charge in [-0.15, -0.1) is 0 Å². The third kappa shape index (κ3) is 64.0. The molecule has 0 bridgehead atoms. The first-order valence-electron chi connectivity index (χ1n) is 32.3. The molecule has 6 nitrogen and oxygen atoms in total. The van der Waals surface area contributed by atoms with Crippen molar-refractivity contribution in [3.8, 4) is 0 Å². The smallest absolute Gasteiger partial charge is 0.306 e. The molecule has 6 heteroatoms. The zero-order chi connectivity index (χ0) is 57.1. The van der Waals surface area contributed by atoms with Gasteiger partial charge >= 0.3 is 17.9 Å². The predicted molar refractivity (Wildman–Crippen MR) is 343 cm³/mol. The highest BCUT2D eigenvalue weighted by Gasteiger charge is 2.19. The number of rotatable bonds is 57. The van der Waals surface area contributed by atoms with Crippen molar-refractivity contribution in [2.24, 2.45) is 0 Å². The third-order valence-electron chi connectivity index (χ3n) is 13.3. The second kappa shape index (κ2) is 65.8. The summed E-state index contributed by atoms with van der Waals surface area (Å²) in [5, 5.41) is 0. The molecule has 0 aliphatic rings. The van der Waals surface area contributed by atoms with Crippen LogP contribution in [-0.4, -0.2) is 37.2 Å². The first kappa shape index (κ1) is 74.3. The molecule has 0 aromatic heterocycles. The molecule has 0 heterocycles. The molecule has 0 aliphatic carbocycles. The van der Waals surface area contributed by atoms with Crippen LogP contribution in [0.2, 0.25) is 0 Å². The summed E-state index contributed by atoms with van der Waals surface area (Å²) in [6.45, 7) is 6.35. The molecule has 0 fully saturated rings. The number of esters is 3. The Hall–Kier alpha value is -4.71. The summed E-state index contributed by atoms with van der Waals surface area (Å²) in [6.07, 6.45) is 94.2. The molecule has 0 saturated carbocycles. The number of hydrogen-bond acceptors (Lipinski definition) is 6. The standard InChI is InChI=1S/C73H118O6/c1-4-7-10-13-16-19-22-24-26-28-30-32-34-36-38-40-42-44-46-48-51-54-57-60-63-66-72(75)78-69-70(68-77-71(74)65-62-59-56-53-50-21-18-15-12-9-6-3)79-73(76)67-64-61-58-55-52-49-47-45-43-41-39-37-35-33-31-29-27-25-23-20-17-14-11-8-5-2/h7-8,10-11,15-20,24-27,30-33,36-39,42,44,70H,4-6,9,12-14,21-23,28-29,34-35,40-41,43,45-69H2,1-3H3/b10-7-,11-8-,18-15-,19-16-,20-17-,26-24-,27-25-,32-30-,33-31-,38-36-,39-37-,44-42-. The van der Waals surface area contributed by atoms with Gasteiger partial charge in [0.1, 0.15) is 13.2 Å². The van der Waals surface area contributed by atoms with E-state index in [4.69, 9.17) is 14.2 Å². The van der Waals surface area contributed by atoms with Gasteiger partial charge in [-0.2, -0.15) is 0 Å². The molecule has 79 heavy (non-hydrogen) atoms. The Bertz CT molecular complexity index is 1730. The molecule has 0 rings (SSSR count). The topological polar surface area (TPSA) is 78.9 Å². The van der Waals surface area contributed by atoms with Crippen molar-refractivity contribution in [3.63, 3.8) is 0 Å². The van der Waals surface area contributed by atoms with Crippen molar-refractivity contribution in [2.75, 3.05) is 13.2 Å². The lowest BCUT2D eigenvalue weighted by Crippen LogP contribution is -2.30. The number of carbonyl (C=O) groups is 3. The lowest BCUT2D eigenvalue weighted by molar-refractivity contribution is -0.167. The van der Waals surface area contributed by atoms with Gasteiger partial charge in [-0.25, -0.2) is 0 Å². The summed E-state index contributed by atoms with van der Waals surface area (Å²) >= 11 is 0. The number of unbranched alkanes of at least 4 members (excludes halogenated alkanes) is 22. The summed E-state index contributed by atoms with van der Waals surface area (Å²) in [7, 11) is 0. The SMILES string of the molecule is CC/C=C\C/C=C\C/C=C\C/C=C\C/C=C\C/C=C\CCCCCCCCC(=O)OCC(COC(=O)CCCCCCC/C=C\CCCC)OC(=O)CCCCCCCCCCC/C=C\C/C=C\C/C=C\C/C=C\C/C=C\CC. The molecular weight excluding hydrogens is 973 g/mol. The van der Waals surface area contributed by atoms with Crippen LogP contribution < -0.4 is 0 Å². The van der Waals surface area contributed by atoms with Crippen LogP contribution in [0.4, 0.5) is 0 Å². The maximum atomic E-state index is 12.9. The zero-order valence-corrected chi connectivity index (χ0v) is 51.1. The van der Waals surface area contributed by atoms with Crippen LogP contribution in [0.5, 0.6) is 0 Å². The van der Waals surface area contributed by atoms with E-state index in [0.717, 1.165) is 161 Å². The van der Waals surface area contributed by atoms with E-state index in [1.807, 2.05) is 0 Å². The summed E-state index contributed by atoms with van der Waals surface area (Å²) in [5.74, 6) is -0.925. The Morgan fingerprint density at radius 1 is 0.266 bits per heavy atom. The molecule has 0 aromatic rings. The first-order valence-corrected chi connectivity index (χ1v) is 32.3. The van der Waals surface area contributed by atoms with Crippen LogP contribution in [-0.2, 0) is 28.6 Å². The van der Waals surface area contributed by atoms with Crippen LogP contribution in [0.25, 0.3) is 0 Å². The second-order valence-corrected chi connectivity index (χ2v) is 20.9. The minimum Gasteiger partial charge on any atom is -0.462 e. The molecule has 0 aromatic carbocycles. The fourth-order valence-electron chi connectivity index (χ4n) is 8.51. The van der Waals surface area contributed by atoms with Crippen molar-refractivity contribution >= 4 is 17.9 Å². The van der Waals surface area contributed by atoms with Gasteiger partial charge in [-0.05, 0) is 135 Å². The van der Waals surface area contributed by atoms with E-state index in [1.54, 1.807) is 0 Å². The van der Waals surface area contributed by atoms with Crippen molar-refractivity contribution < 1.29 is 28.6 Å². The van der Waals surface area contributed by atoms with Gasteiger partial charge in [0.25, 0.3) is 0 Å². The Labute approximate surface area is 487 Å². The maximum absolute atomic E-state index is 12.9. The Morgan fingerprint density at radius 2 is 0.494 bits per heavy atom. The van der Waals surface area contributed by atoms with Gasteiger partial charge in [-0.1, -0.05) is 269 Å². The van der Waals surface area contributed by atoms with Gasteiger partial charge in [0.2, 0.25) is 0 Å². The zero-order valence-electron chi connectivity index (χ0n) is 51.1. The summed E-state index contributed by atoms with van der Waals surface area (Å²) < 4.78 is 16.9. The average Bonchev–Trinajstić information content (AvgIpc) is 3.45. The van der Waals surface area contributed by atoms with Crippen LogP contribution >= 0.6 is 0 Å². The molecule has 0 saturated heterocycles. The highest BCUT2D eigenvalue weighted by molar-refractivity contribution is 5.71. The minimum absolute atomic E-state index is 0.0941. The molecule has 0 amide bonds. The van der Waals surface area contributed by atoms with E-state index in [1.165, 1.54) is 77.0 Å². The predicted octanol–water partition coefficient (Wildman–Crippen LogP) is 22.3. The molecule has 1 unspecified atom stereocenters. The van der Waals surface area contributed by atoms with Gasteiger partial charge in [0.15, 0.2) is 6.10 Å². The van der Waals surface area contributed by atoms with Crippen molar-refractivity contribution in [2.45, 2.75) is 284 Å². The Balaban J connectivity index is 4.36. The molecule has 1 atom stereocenters. The third-order valence-corrected chi connectivity index (χ3v) is 13.3. The van der Waals surface area contributed by atoms with Crippen LogP contribution in [0.1, 0.15) is 278 Å². The maximum Gasteiger partial charge on any atom is 0.306 e.